The Labute approximate surface area is 152 Å². The molecule has 3 aromatic heterocycles. The lowest BCUT2D eigenvalue weighted by molar-refractivity contribution is -0.132. The number of hydrogen-bond donors (Lipinski definition) is 1. The van der Waals surface area contributed by atoms with Crippen molar-refractivity contribution in [3.63, 3.8) is 0 Å². The van der Waals surface area contributed by atoms with Gasteiger partial charge in [-0.15, -0.1) is 15.3 Å². The van der Waals surface area contributed by atoms with Crippen molar-refractivity contribution >= 4 is 17.4 Å². The van der Waals surface area contributed by atoms with Gasteiger partial charge in [0.2, 0.25) is 5.91 Å². The minimum atomic E-state index is -2.68. The lowest BCUT2D eigenvalue weighted by Crippen LogP contribution is -2.54. The highest BCUT2D eigenvalue weighted by atomic mass is 19.3. The molecule has 1 atom stereocenters. The van der Waals surface area contributed by atoms with Crippen LogP contribution in [0.15, 0.2) is 30.7 Å². The first kappa shape index (κ1) is 16.1. The Balaban J connectivity index is 1.39. The van der Waals surface area contributed by atoms with Crippen molar-refractivity contribution in [2.75, 3.05) is 11.4 Å². The Bertz CT molecular complexity index is 1010. The molecule has 140 valence electrons. The van der Waals surface area contributed by atoms with Crippen molar-refractivity contribution in [3.05, 3.63) is 36.4 Å². The molecule has 1 unspecified atom stereocenters. The maximum absolute atomic E-state index is 13.1. The molecule has 1 amide bonds. The molecule has 9 nitrogen and oxygen atoms in total. The van der Waals surface area contributed by atoms with Crippen LogP contribution in [0.2, 0.25) is 0 Å². The molecule has 0 radical (unpaired) electrons. The largest absolute Gasteiger partial charge is 0.351 e. The summed E-state index contributed by atoms with van der Waals surface area (Å²) in [7, 11) is 0. The van der Waals surface area contributed by atoms with E-state index in [0.717, 1.165) is 5.69 Å². The van der Waals surface area contributed by atoms with Gasteiger partial charge in [0, 0.05) is 25.1 Å². The van der Waals surface area contributed by atoms with Crippen molar-refractivity contribution in [2.45, 2.75) is 37.4 Å². The van der Waals surface area contributed by atoms with Gasteiger partial charge >= 0.3 is 0 Å². The molecule has 1 aliphatic carbocycles. The number of nitrogens with zero attached hydrogens (tertiary/aromatic N) is 7. The van der Waals surface area contributed by atoms with E-state index in [1.165, 1.54) is 6.33 Å². The van der Waals surface area contributed by atoms with Crippen LogP contribution in [0.25, 0.3) is 5.65 Å². The summed E-state index contributed by atoms with van der Waals surface area (Å²) in [6.07, 6.45) is 2.51. The van der Waals surface area contributed by atoms with Gasteiger partial charge in [-0.25, -0.2) is 8.78 Å². The topological polar surface area (TPSA) is 93.2 Å². The monoisotopic (exact) mass is 374 g/mol. The lowest BCUT2D eigenvalue weighted by Gasteiger charge is -2.38. The molecular weight excluding hydrogens is 358 g/mol. The molecule has 27 heavy (non-hydrogen) atoms. The third kappa shape index (κ3) is 2.78. The maximum atomic E-state index is 13.1. The first-order valence-electron chi connectivity index (χ1n) is 8.61. The van der Waals surface area contributed by atoms with E-state index >= 15 is 0 Å². The van der Waals surface area contributed by atoms with Crippen LogP contribution in [-0.4, -0.2) is 54.0 Å². The SMILES string of the molecule is O=C(NC1CC(F)(F)C1)C1CN(c2ccc3nncn3n2)Cc2ccnn21. The van der Waals surface area contributed by atoms with E-state index in [1.54, 1.807) is 21.5 Å². The molecule has 11 heteroatoms. The van der Waals surface area contributed by atoms with E-state index in [4.69, 9.17) is 0 Å². The molecule has 5 rings (SSSR count). The van der Waals surface area contributed by atoms with Crippen LogP contribution in [-0.2, 0) is 11.3 Å². The summed E-state index contributed by atoms with van der Waals surface area (Å²) in [5.74, 6) is -2.32. The smallest absolute Gasteiger partial charge is 0.252 e. The van der Waals surface area contributed by atoms with Gasteiger partial charge in [0.1, 0.15) is 18.2 Å². The molecule has 1 N–H and O–H groups in total. The van der Waals surface area contributed by atoms with Crippen LogP contribution < -0.4 is 10.2 Å². The van der Waals surface area contributed by atoms with Crippen molar-refractivity contribution in [3.8, 4) is 0 Å². The molecule has 0 bridgehead atoms. The van der Waals surface area contributed by atoms with Crippen molar-refractivity contribution in [2.24, 2.45) is 0 Å². The fourth-order valence-corrected chi connectivity index (χ4v) is 3.61. The van der Waals surface area contributed by atoms with Gasteiger partial charge in [-0.2, -0.15) is 9.61 Å². The van der Waals surface area contributed by atoms with Gasteiger partial charge in [0.25, 0.3) is 5.92 Å². The zero-order valence-electron chi connectivity index (χ0n) is 14.2. The number of carbonyl (C=O) groups is 1. The molecular formula is C16H16F2N8O. The standard InChI is InChI=1S/C16H16F2N8O/c17-16(18)5-10(6-16)21-15(27)12-8-24(7-11-3-4-20-26(11)12)14-2-1-13-22-19-9-25(13)23-14/h1-4,9-10,12H,5-8H2,(H,21,27). The van der Waals surface area contributed by atoms with Gasteiger partial charge in [-0.05, 0) is 18.2 Å². The van der Waals surface area contributed by atoms with E-state index in [-0.39, 0.29) is 18.7 Å². The molecule has 0 saturated heterocycles. The number of fused-ring (bicyclic) bond motifs is 2. The van der Waals surface area contributed by atoms with E-state index in [9.17, 15) is 13.6 Å². The lowest BCUT2D eigenvalue weighted by atomic mass is 9.88. The van der Waals surface area contributed by atoms with Gasteiger partial charge < -0.3 is 10.2 Å². The van der Waals surface area contributed by atoms with Gasteiger partial charge in [0.15, 0.2) is 5.65 Å². The van der Waals surface area contributed by atoms with Crippen LogP contribution in [0, 0.1) is 0 Å². The third-order valence-electron chi connectivity index (χ3n) is 5.00. The first-order chi connectivity index (χ1) is 13.0. The van der Waals surface area contributed by atoms with Gasteiger partial charge in [-0.3, -0.25) is 9.48 Å². The summed E-state index contributed by atoms with van der Waals surface area (Å²) >= 11 is 0. The number of rotatable bonds is 3. The summed E-state index contributed by atoms with van der Waals surface area (Å²) in [6.45, 7) is 0.871. The minimum Gasteiger partial charge on any atom is -0.351 e. The molecule has 4 heterocycles. The molecule has 3 aromatic rings. The average molecular weight is 374 g/mol. The van der Waals surface area contributed by atoms with Crippen molar-refractivity contribution in [1.29, 1.82) is 0 Å². The quantitative estimate of drug-likeness (QED) is 0.729. The minimum absolute atomic E-state index is 0.310. The fraction of sp³-hybridized carbons (Fsp3) is 0.438. The first-order valence-corrected chi connectivity index (χ1v) is 8.61. The molecule has 1 fully saturated rings. The highest BCUT2D eigenvalue weighted by Gasteiger charge is 2.46. The Morgan fingerprint density at radius 2 is 2.11 bits per heavy atom. The number of alkyl halides is 2. The summed E-state index contributed by atoms with van der Waals surface area (Å²) in [4.78, 5) is 14.7. The summed E-state index contributed by atoms with van der Waals surface area (Å²) < 4.78 is 29.3. The number of carbonyl (C=O) groups excluding carboxylic acids is 1. The predicted molar refractivity (Wildman–Crippen MR) is 89.2 cm³/mol. The van der Waals surface area contributed by atoms with E-state index in [2.05, 4.69) is 25.7 Å². The second-order valence-corrected chi connectivity index (χ2v) is 6.96. The van der Waals surface area contributed by atoms with Crippen LogP contribution in [0.1, 0.15) is 24.6 Å². The third-order valence-corrected chi connectivity index (χ3v) is 5.00. The number of anilines is 1. The zero-order valence-corrected chi connectivity index (χ0v) is 14.2. The maximum Gasteiger partial charge on any atom is 0.252 e. The highest BCUT2D eigenvalue weighted by Crippen LogP contribution is 2.37. The zero-order chi connectivity index (χ0) is 18.6. The van der Waals surface area contributed by atoms with Crippen molar-refractivity contribution in [1.82, 2.24) is 34.9 Å². The van der Waals surface area contributed by atoms with E-state index in [1.807, 2.05) is 17.0 Å². The second kappa shape index (κ2) is 5.69. The van der Waals surface area contributed by atoms with Crippen LogP contribution in [0.3, 0.4) is 0 Å². The molecule has 1 saturated carbocycles. The van der Waals surface area contributed by atoms with Gasteiger partial charge in [-0.1, -0.05) is 0 Å². The summed E-state index contributed by atoms with van der Waals surface area (Å²) in [6, 6.07) is 4.34. The van der Waals surface area contributed by atoms with Crippen LogP contribution in [0.5, 0.6) is 0 Å². The summed E-state index contributed by atoms with van der Waals surface area (Å²) in [5, 5.41) is 19.2. The number of aromatic nitrogens is 6. The average Bonchev–Trinajstić information content (AvgIpc) is 3.27. The molecule has 0 aromatic carbocycles. The van der Waals surface area contributed by atoms with Crippen LogP contribution >= 0.6 is 0 Å². The van der Waals surface area contributed by atoms with E-state index < -0.39 is 18.0 Å². The van der Waals surface area contributed by atoms with Crippen LogP contribution in [0.4, 0.5) is 14.6 Å². The predicted octanol–water partition coefficient (Wildman–Crippen LogP) is 0.796. The second-order valence-electron chi connectivity index (χ2n) is 6.96. The van der Waals surface area contributed by atoms with Crippen molar-refractivity contribution < 1.29 is 13.6 Å². The Morgan fingerprint density at radius 1 is 1.26 bits per heavy atom. The number of hydrogen-bond acceptors (Lipinski definition) is 6. The summed E-state index contributed by atoms with van der Waals surface area (Å²) in [5.41, 5.74) is 1.48. The number of nitrogens with one attached hydrogen (secondary N) is 1. The Kier molecular flexibility index (Phi) is 3.39. The van der Waals surface area contributed by atoms with E-state index in [0.29, 0.717) is 24.6 Å². The number of amides is 1. The molecule has 1 aliphatic heterocycles. The Hall–Kier alpha value is -3.11. The fourth-order valence-electron chi connectivity index (χ4n) is 3.61. The Morgan fingerprint density at radius 3 is 2.93 bits per heavy atom. The normalized spacial score (nSPS) is 21.7. The molecule has 2 aliphatic rings. The van der Waals surface area contributed by atoms with Gasteiger partial charge in [0.05, 0.1) is 18.8 Å². The number of halogens is 2. The molecule has 0 spiro atoms. The highest BCUT2D eigenvalue weighted by molar-refractivity contribution is 5.81.